The molecule has 0 atom stereocenters. The minimum absolute atomic E-state index is 0.707. The second kappa shape index (κ2) is 5.73. The van der Waals surface area contributed by atoms with E-state index in [9.17, 15) is 0 Å². The van der Waals surface area contributed by atoms with Crippen LogP contribution in [0.15, 0.2) is 41.6 Å². The van der Waals surface area contributed by atoms with Gasteiger partial charge < -0.3 is 10.1 Å². The molecule has 5 heteroatoms. The van der Waals surface area contributed by atoms with Crippen LogP contribution in [0.5, 0.6) is 5.75 Å². The van der Waals surface area contributed by atoms with Crippen LogP contribution in [0.2, 0.25) is 0 Å². The molecule has 0 aliphatic heterocycles. The van der Waals surface area contributed by atoms with Gasteiger partial charge in [-0.25, -0.2) is 4.68 Å². The van der Waals surface area contributed by atoms with Crippen molar-refractivity contribution in [1.29, 1.82) is 0 Å². The van der Waals surface area contributed by atoms with Gasteiger partial charge in [0.05, 0.1) is 17.8 Å². The largest absolute Gasteiger partial charge is 0.495 e. The molecule has 0 saturated carbocycles. The Morgan fingerprint density at radius 1 is 1.56 bits per heavy atom. The highest BCUT2D eigenvalue weighted by molar-refractivity contribution is 9.10. The number of ether oxygens (including phenoxy) is 1. The lowest BCUT2D eigenvalue weighted by molar-refractivity contribution is 0.412. The molecule has 1 aromatic heterocycles. The first-order valence-electron chi connectivity index (χ1n) is 5.46. The normalized spacial score (nSPS) is 10.1. The van der Waals surface area contributed by atoms with Gasteiger partial charge in [0.1, 0.15) is 5.75 Å². The Morgan fingerprint density at radius 3 is 3.06 bits per heavy atom. The fraction of sp³-hybridized carbons (Fsp3) is 0.154. The van der Waals surface area contributed by atoms with Crippen LogP contribution in [0.3, 0.4) is 0 Å². The Labute approximate surface area is 114 Å². The molecule has 0 unspecified atom stereocenters. The van der Waals surface area contributed by atoms with Crippen molar-refractivity contribution in [2.24, 2.45) is 0 Å². The van der Waals surface area contributed by atoms with Crippen LogP contribution in [-0.2, 0) is 6.54 Å². The van der Waals surface area contributed by atoms with Gasteiger partial charge in [-0.2, -0.15) is 5.10 Å². The van der Waals surface area contributed by atoms with Crippen molar-refractivity contribution in [2.45, 2.75) is 6.54 Å². The van der Waals surface area contributed by atoms with Gasteiger partial charge in [0.2, 0.25) is 0 Å². The van der Waals surface area contributed by atoms with E-state index in [0.29, 0.717) is 6.54 Å². The zero-order valence-corrected chi connectivity index (χ0v) is 11.6. The highest BCUT2D eigenvalue weighted by Gasteiger charge is 2.02. The Balaban J connectivity index is 2.03. The molecule has 1 N–H and O–H groups in total. The third kappa shape index (κ3) is 2.92. The summed E-state index contributed by atoms with van der Waals surface area (Å²) in [5.41, 5.74) is 2.10. The molecule has 4 nitrogen and oxygen atoms in total. The molecule has 1 aromatic carbocycles. The van der Waals surface area contributed by atoms with Crippen LogP contribution < -0.4 is 10.1 Å². The molecule has 2 rings (SSSR count). The summed E-state index contributed by atoms with van der Waals surface area (Å²) in [4.78, 5) is 0. The van der Waals surface area contributed by atoms with Crippen molar-refractivity contribution >= 4 is 27.8 Å². The van der Waals surface area contributed by atoms with Crippen LogP contribution in [0, 0.1) is 0 Å². The zero-order valence-electron chi connectivity index (χ0n) is 10.1. The second-order valence-corrected chi connectivity index (χ2v) is 4.57. The van der Waals surface area contributed by atoms with Gasteiger partial charge in [-0.15, -0.1) is 0 Å². The van der Waals surface area contributed by atoms with E-state index in [1.807, 2.05) is 30.6 Å². The third-order valence-corrected chi connectivity index (χ3v) is 3.14. The number of nitrogens with one attached hydrogen (secondary N) is 1. The number of hydrogen-bond donors (Lipinski definition) is 1. The van der Waals surface area contributed by atoms with Crippen molar-refractivity contribution in [3.05, 3.63) is 47.2 Å². The third-order valence-electron chi connectivity index (χ3n) is 2.49. The molecule has 0 amide bonds. The highest BCUT2D eigenvalue weighted by atomic mass is 79.9. The lowest BCUT2D eigenvalue weighted by atomic mass is 10.3. The Hall–Kier alpha value is -1.75. The van der Waals surface area contributed by atoms with Gasteiger partial charge in [-0.05, 0) is 28.1 Å². The average molecular weight is 308 g/mol. The van der Waals surface area contributed by atoms with E-state index >= 15 is 0 Å². The zero-order chi connectivity index (χ0) is 13.0. The van der Waals surface area contributed by atoms with Crippen LogP contribution in [0.25, 0.3) is 6.20 Å². The molecule has 1 heterocycles. The topological polar surface area (TPSA) is 39.1 Å². The number of hydrogen-bond acceptors (Lipinski definition) is 3. The van der Waals surface area contributed by atoms with E-state index in [1.54, 1.807) is 18.0 Å². The molecular weight excluding hydrogens is 294 g/mol. The number of aromatic nitrogens is 2. The maximum absolute atomic E-state index is 5.24. The summed E-state index contributed by atoms with van der Waals surface area (Å²) in [7, 11) is 1.65. The summed E-state index contributed by atoms with van der Waals surface area (Å²) in [5.74, 6) is 0.807. The molecule has 0 aliphatic carbocycles. The molecule has 0 fully saturated rings. The number of rotatable bonds is 5. The van der Waals surface area contributed by atoms with E-state index < -0.39 is 0 Å². The summed E-state index contributed by atoms with van der Waals surface area (Å²) in [5, 5.41) is 7.43. The molecule has 0 spiro atoms. The maximum atomic E-state index is 5.24. The molecule has 0 bridgehead atoms. The molecule has 2 aromatic rings. The summed E-state index contributed by atoms with van der Waals surface area (Å²) in [6, 6.07) is 5.89. The van der Waals surface area contributed by atoms with E-state index in [1.165, 1.54) is 0 Å². The Kier molecular flexibility index (Phi) is 4.04. The fourth-order valence-corrected chi connectivity index (χ4v) is 1.95. The Morgan fingerprint density at radius 2 is 2.39 bits per heavy atom. The van der Waals surface area contributed by atoms with Gasteiger partial charge >= 0.3 is 0 Å². The lowest BCUT2D eigenvalue weighted by Crippen LogP contribution is -1.98. The summed E-state index contributed by atoms with van der Waals surface area (Å²) in [6.07, 6.45) is 5.40. The number of benzene rings is 1. The van der Waals surface area contributed by atoms with E-state index in [0.717, 1.165) is 21.5 Å². The first-order valence-corrected chi connectivity index (χ1v) is 6.25. The van der Waals surface area contributed by atoms with Crippen LogP contribution in [0.4, 0.5) is 5.69 Å². The van der Waals surface area contributed by atoms with E-state index in [4.69, 9.17) is 4.74 Å². The number of anilines is 1. The molecule has 0 aliphatic rings. The standard InChI is InChI=1S/C13H14BrN3O/c1-3-17-9-10(8-16-17)7-15-11-4-5-12(14)13(6-11)18-2/h3-6,8-9,15H,1,7H2,2H3. The smallest absolute Gasteiger partial charge is 0.135 e. The van der Waals surface area contributed by atoms with Crippen LogP contribution in [-0.4, -0.2) is 16.9 Å². The van der Waals surface area contributed by atoms with Gasteiger partial charge in [0.15, 0.2) is 0 Å². The predicted molar refractivity (Wildman–Crippen MR) is 76.6 cm³/mol. The minimum atomic E-state index is 0.707. The first-order chi connectivity index (χ1) is 8.72. The average Bonchev–Trinajstić information content (AvgIpc) is 2.86. The lowest BCUT2D eigenvalue weighted by Gasteiger charge is -2.08. The minimum Gasteiger partial charge on any atom is -0.495 e. The number of nitrogens with zero attached hydrogens (tertiary/aromatic N) is 2. The number of halogens is 1. The predicted octanol–water partition coefficient (Wildman–Crippen LogP) is 3.37. The monoisotopic (exact) mass is 307 g/mol. The Bertz CT molecular complexity index is 551. The maximum Gasteiger partial charge on any atom is 0.135 e. The van der Waals surface area contributed by atoms with Gasteiger partial charge in [-0.3, -0.25) is 0 Å². The summed E-state index contributed by atoms with van der Waals surface area (Å²) < 4.78 is 7.86. The SMILES string of the molecule is C=Cn1cc(CNc2ccc(Br)c(OC)c2)cn1. The van der Waals surface area contributed by atoms with Gasteiger partial charge in [0, 0.05) is 36.3 Å². The number of methoxy groups -OCH3 is 1. The summed E-state index contributed by atoms with van der Waals surface area (Å²) >= 11 is 3.42. The molecule has 0 radical (unpaired) electrons. The first kappa shape index (κ1) is 12.7. The molecular formula is C13H14BrN3O. The quantitative estimate of drug-likeness (QED) is 0.920. The van der Waals surface area contributed by atoms with Gasteiger partial charge in [0.25, 0.3) is 0 Å². The van der Waals surface area contributed by atoms with Crippen molar-refractivity contribution < 1.29 is 4.74 Å². The van der Waals surface area contributed by atoms with Crippen molar-refractivity contribution in [1.82, 2.24) is 9.78 Å². The van der Waals surface area contributed by atoms with Crippen molar-refractivity contribution in [3.63, 3.8) is 0 Å². The molecule has 18 heavy (non-hydrogen) atoms. The molecule has 94 valence electrons. The van der Waals surface area contributed by atoms with Crippen molar-refractivity contribution in [3.8, 4) is 5.75 Å². The highest BCUT2D eigenvalue weighted by Crippen LogP contribution is 2.27. The van der Waals surface area contributed by atoms with Crippen LogP contribution >= 0.6 is 15.9 Å². The fourth-order valence-electron chi connectivity index (χ4n) is 1.54. The van der Waals surface area contributed by atoms with E-state index in [2.05, 4.69) is 32.9 Å². The van der Waals surface area contributed by atoms with Gasteiger partial charge in [-0.1, -0.05) is 6.58 Å². The van der Waals surface area contributed by atoms with Crippen LogP contribution in [0.1, 0.15) is 5.56 Å². The van der Waals surface area contributed by atoms with E-state index in [-0.39, 0.29) is 0 Å². The second-order valence-electron chi connectivity index (χ2n) is 3.71. The summed E-state index contributed by atoms with van der Waals surface area (Å²) in [6.45, 7) is 4.36. The van der Waals surface area contributed by atoms with Crippen molar-refractivity contribution in [2.75, 3.05) is 12.4 Å². The molecule has 0 saturated heterocycles.